The molecule has 0 saturated heterocycles. The minimum atomic E-state index is -0.318. The lowest BCUT2D eigenvalue weighted by atomic mass is 10.1. The molecule has 104 valence electrons. The zero-order chi connectivity index (χ0) is 14.7. The summed E-state index contributed by atoms with van der Waals surface area (Å²) in [5.41, 5.74) is 3.66. The molecule has 0 aliphatic carbocycles. The van der Waals surface area contributed by atoms with Gasteiger partial charge in [0, 0.05) is 4.47 Å². The summed E-state index contributed by atoms with van der Waals surface area (Å²) in [6.07, 6.45) is 0.959. The topological polar surface area (TPSA) is 26.3 Å². The van der Waals surface area contributed by atoms with E-state index in [0.717, 1.165) is 22.0 Å². The zero-order valence-corrected chi connectivity index (χ0v) is 13.5. The SMILES string of the molecule is CCc1ccc(C(=O)Oc2c(C)cc(Br)cc2C)cc1. The minimum absolute atomic E-state index is 0.318. The van der Waals surface area contributed by atoms with Crippen molar-refractivity contribution in [3.05, 3.63) is 63.1 Å². The van der Waals surface area contributed by atoms with E-state index in [9.17, 15) is 4.79 Å². The van der Waals surface area contributed by atoms with Gasteiger partial charge in [0.15, 0.2) is 0 Å². The van der Waals surface area contributed by atoms with E-state index >= 15 is 0 Å². The fraction of sp³-hybridized carbons (Fsp3) is 0.235. The molecule has 0 bridgehead atoms. The van der Waals surface area contributed by atoms with Gasteiger partial charge in [-0.1, -0.05) is 35.0 Å². The van der Waals surface area contributed by atoms with Crippen molar-refractivity contribution in [2.45, 2.75) is 27.2 Å². The predicted octanol–water partition coefficient (Wildman–Crippen LogP) is 4.85. The number of rotatable bonds is 3. The number of hydrogen-bond donors (Lipinski definition) is 0. The summed E-state index contributed by atoms with van der Waals surface area (Å²) >= 11 is 3.43. The Morgan fingerprint density at radius 2 is 1.65 bits per heavy atom. The lowest BCUT2D eigenvalue weighted by molar-refractivity contribution is 0.0732. The Morgan fingerprint density at radius 3 is 2.15 bits per heavy atom. The molecule has 0 spiro atoms. The summed E-state index contributed by atoms with van der Waals surface area (Å²) in [5, 5.41) is 0. The molecular formula is C17H17BrO2. The molecule has 0 aliphatic heterocycles. The van der Waals surface area contributed by atoms with Gasteiger partial charge in [-0.2, -0.15) is 0 Å². The first-order valence-corrected chi connectivity index (χ1v) is 7.38. The van der Waals surface area contributed by atoms with Crippen LogP contribution in [0, 0.1) is 13.8 Å². The quantitative estimate of drug-likeness (QED) is 0.593. The van der Waals surface area contributed by atoms with E-state index in [2.05, 4.69) is 22.9 Å². The molecule has 20 heavy (non-hydrogen) atoms. The van der Waals surface area contributed by atoms with Crippen LogP contribution in [0.5, 0.6) is 5.75 Å². The molecule has 2 aromatic carbocycles. The van der Waals surface area contributed by atoms with Crippen molar-refractivity contribution in [3.8, 4) is 5.75 Å². The molecule has 0 aliphatic rings. The molecule has 0 radical (unpaired) electrons. The normalized spacial score (nSPS) is 10.4. The highest BCUT2D eigenvalue weighted by molar-refractivity contribution is 9.10. The minimum Gasteiger partial charge on any atom is -0.422 e. The Balaban J connectivity index is 2.23. The third-order valence-electron chi connectivity index (χ3n) is 3.22. The van der Waals surface area contributed by atoms with Crippen molar-refractivity contribution >= 4 is 21.9 Å². The number of ether oxygens (including phenoxy) is 1. The maximum atomic E-state index is 12.2. The fourth-order valence-corrected chi connectivity index (χ4v) is 2.77. The molecular weight excluding hydrogens is 316 g/mol. The van der Waals surface area contributed by atoms with Crippen LogP contribution in [-0.4, -0.2) is 5.97 Å². The van der Waals surface area contributed by atoms with Gasteiger partial charge in [0.05, 0.1) is 5.56 Å². The van der Waals surface area contributed by atoms with Crippen molar-refractivity contribution in [3.63, 3.8) is 0 Å². The molecule has 0 aromatic heterocycles. The number of esters is 1. The van der Waals surface area contributed by atoms with Crippen LogP contribution >= 0.6 is 15.9 Å². The second kappa shape index (κ2) is 6.23. The number of halogens is 1. The number of carbonyl (C=O) groups excluding carboxylic acids is 1. The highest BCUT2D eigenvalue weighted by Crippen LogP contribution is 2.28. The first kappa shape index (κ1) is 14.8. The Kier molecular flexibility index (Phi) is 4.61. The van der Waals surface area contributed by atoms with Crippen LogP contribution in [-0.2, 0) is 6.42 Å². The molecule has 2 nitrogen and oxygen atoms in total. The van der Waals surface area contributed by atoms with Crippen molar-refractivity contribution in [1.29, 1.82) is 0 Å². The average Bonchev–Trinajstić information content (AvgIpc) is 2.42. The Bertz CT molecular complexity index is 607. The predicted molar refractivity (Wildman–Crippen MR) is 84.4 cm³/mol. The van der Waals surface area contributed by atoms with Gasteiger partial charge >= 0.3 is 5.97 Å². The van der Waals surface area contributed by atoms with Gasteiger partial charge in [-0.05, 0) is 61.2 Å². The zero-order valence-electron chi connectivity index (χ0n) is 11.9. The average molecular weight is 333 g/mol. The molecule has 0 unspecified atom stereocenters. The van der Waals surface area contributed by atoms with E-state index in [1.807, 2.05) is 50.2 Å². The summed E-state index contributed by atoms with van der Waals surface area (Å²) in [6.45, 7) is 5.95. The second-order valence-electron chi connectivity index (χ2n) is 4.81. The van der Waals surface area contributed by atoms with Gasteiger partial charge < -0.3 is 4.74 Å². The van der Waals surface area contributed by atoms with Crippen LogP contribution in [0.15, 0.2) is 40.9 Å². The third-order valence-corrected chi connectivity index (χ3v) is 3.68. The second-order valence-corrected chi connectivity index (χ2v) is 5.72. The standard InChI is InChI=1S/C17H17BrO2/c1-4-13-5-7-14(8-6-13)17(19)20-16-11(2)9-15(18)10-12(16)3/h5-10H,4H2,1-3H3. The van der Waals surface area contributed by atoms with Crippen LogP contribution in [0.3, 0.4) is 0 Å². The monoisotopic (exact) mass is 332 g/mol. The highest BCUT2D eigenvalue weighted by atomic mass is 79.9. The highest BCUT2D eigenvalue weighted by Gasteiger charge is 2.12. The van der Waals surface area contributed by atoms with E-state index in [1.165, 1.54) is 5.56 Å². The molecule has 0 fully saturated rings. The lowest BCUT2D eigenvalue weighted by Crippen LogP contribution is -2.10. The Hall–Kier alpha value is -1.61. The Labute approximate surface area is 127 Å². The molecule has 2 aromatic rings. The number of aryl methyl sites for hydroxylation is 3. The van der Waals surface area contributed by atoms with E-state index < -0.39 is 0 Å². The van der Waals surface area contributed by atoms with Gasteiger partial charge in [-0.15, -0.1) is 0 Å². The third kappa shape index (κ3) is 3.28. The first-order chi connectivity index (χ1) is 9.51. The first-order valence-electron chi connectivity index (χ1n) is 6.59. The largest absolute Gasteiger partial charge is 0.422 e. The molecule has 0 heterocycles. The molecule has 0 atom stereocenters. The molecule has 0 amide bonds. The van der Waals surface area contributed by atoms with E-state index in [4.69, 9.17) is 4.74 Å². The fourth-order valence-electron chi connectivity index (χ4n) is 2.09. The molecule has 0 saturated carbocycles. The van der Waals surface area contributed by atoms with E-state index in [0.29, 0.717) is 11.3 Å². The summed E-state index contributed by atoms with van der Waals surface area (Å²) < 4.78 is 6.52. The van der Waals surface area contributed by atoms with Crippen molar-refractivity contribution in [2.75, 3.05) is 0 Å². The summed E-state index contributed by atoms with van der Waals surface area (Å²) in [7, 11) is 0. The number of hydrogen-bond acceptors (Lipinski definition) is 2. The van der Waals surface area contributed by atoms with E-state index in [-0.39, 0.29) is 5.97 Å². The van der Waals surface area contributed by atoms with Gasteiger partial charge in [-0.3, -0.25) is 0 Å². The van der Waals surface area contributed by atoms with Crippen LogP contribution in [0.4, 0.5) is 0 Å². The smallest absolute Gasteiger partial charge is 0.343 e. The summed E-state index contributed by atoms with van der Waals surface area (Å²) in [4.78, 5) is 12.2. The molecule has 3 heteroatoms. The van der Waals surface area contributed by atoms with Crippen molar-refractivity contribution in [1.82, 2.24) is 0 Å². The van der Waals surface area contributed by atoms with Gasteiger partial charge in [0.25, 0.3) is 0 Å². The van der Waals surface area contributed by atoms with Crippen molar-refractivity contribution in [2.24, 2.45) is 0 Å². The molecule has 0 N–H and O–H groups in total. The number of carbonyl (C=O) groups is 1. The van der Waals surface area contributed by atoms with Gasteiger partial charge in [0.2, 0.25) is 0 Å². The van der Waals surface area contributed by atoms with Crippen LogP contribution in [0.1, 0.15) is 34.0 Å². The number of benzene rings is 2. The lowest BCUT2D eigenvalue weighted by Gasteiger charge is -2.11. The van der Waals surface area contributed by atoms with Gasteiger partial charge in [-0.25, -0.2) is 4.79 Å². The molecule has 2 rings (SSSR count). The van der Waals surface area contributed by atoms with Crippen LogP contribution in [0.2, 0.25) is 0 Å². The summed E-state index contributed by atoms with van der Waals surface area (Å²) in [5.74, 6) is 0.318. The van der Waals surface area contributed by atoms with Crippen LogP contribution < -0.4 is 4.74 Å². The van der Waals surface area contributed by atoms with E-state index in [1.54, 1.807) is 0 Å². The maximum Gasteiger partial charge on any atom is 0.343 e. The Morgan fingerprint density at radius 1 is 1.10 bits per heavy atom. The van der Waals surface area contributed by atoms with Gasteiger partial charge in [0.1, 0.15) is 5.75 Å². The van der Waals surface area contributed by atoms with Crippen LogP contribution in [0.25, 0.3) is 0 Å². The van der Waals surface area contributed by atoms with Crippen molar-refractivity contribution < 1.29 is 9.53 Å². The maximum absolute atomic E-state index is 12.2. The summed E-state index contributed by atoms with van der Waals surface area (Å²) in [6, 6.07) is 11.4.